The zero-order chi connectivity index (χ0) is 28.6. The quantitative estimate of drug-likeness (QED) is 0.494. The third-order valence-corrected chi connectivity index (χ3v) is 9.83. The molecule has 4 atom stereocenters. The first kappa shape index (κ1) is 27.5. The van der Waals surface area contributed by atoms with Crippen molar-refractivity contribution in [2.75, 3.05) is 44.2 Å². The summed E-state index contributed by atoms with van der Waals surface area (Å²) < 4.78 is 0. The Kier molecular flexibility index (Phi) is 7.66. The van der Waals surface area contributed by atoms with Crippen LogP contribution in [0, 0.1) is 0 Å². The summed E-state index contributed by atoms with van der Waals surface area (Å²) in [5, 5.41) is 22.3. The van der Waals surface area contributed by atoms with Crippen molar-refractivity contribution in [3.8, 4) is 0 Å². The molecule has 0 radical (unpaired) electrons. The van der Waals surface area contributed by atoms with Crippen molar-refractivity contribution < 1.29 is 15.0 Å². The van der Waals surface area contributed by atoms with Crippen molar-refractivity contribution in [3.63, 3.8) is 0 Å². The monoisotopic (exact) mass is 568 g/mol. The molecular formula is C33H40N6O3. The number of aliphatic hydroxyl groups is 2. The smallest absolute Gasteiger partial charge is 0.272 e. The number of fused-ring (bicyclic) bond motifs is 2. The minimum absolute atomic E-state index is 0.0412. The third-order valence-electron chi connectivity index (χ3n) is 9.83. The Morgan fingerprint density at radius 1 is 0.714 bits per heavy atom. The normalized spacial score (nSPS) is 26.9. The number of hydrogen-bond acceptors (Lipinski definition) is 8. The van der Waals surface area contributed by atoms with Crippen LogP contribution in [0.2, 0.25) is 0 Å². The number of aromatic nitrogens is 2. The van der Waals surface area contributed by atoms with E-state index in [1.165, 1.54) is 28.6 Å². The summed E-state index contributed by atoms with van der Waals surface area (Å²) in [5.41, 5.74) is 5.82. The van der Waals surface area contributed by atoms with Gasteiger partial charge in [0.1, 0.15) is 17.8 Å². The van der Waals surface area contributed by atoms with Gasteiger partial charge >= 0.3 is 0 Å². The number of carbonyl (C=O) groups is 1. The molecular weight excluding hydrogens is 528 g/mol. The first-order chi connectivity index (χ1) is 20.5. The molecule has 9 nitrogen and oxygen atoms in total. The van der Waals surface area contributed by atoms with Gasteiger partial charge in [0.15, 0.2) is 0 Å². The predicted molar refractivity (Wildman–Crippen MR) is 160 cm³/mol. The fourth-order valence-corrected chi connectivity index (χ4v) is 7.48. The van der Waals surface area contributed by atoms with Gasteiger partial charge in [0.05, 0.1) is 12.2 Å². The maximum Gasteiger partial charge on any atom is 0.272 e. The Balaban J connectivity index is 0.962. The number of nitrogens with zero attached hydrogens (tertiary/aromatic N) is 6. The van der Waals surface area contributed by atoms with E-state index < -0.39 is 12.2 Å². The summed E-state index contributed by atoms with van der Waals surface area (Å²) in [5.74, 6) is 0.486. The second-order valence-corrected chi connectivity index (χ2v) is 12.3. The molecule has 0 spiro atoms. The SMILES string of the molecule is O=C(c1cc(N2CCC(N3CCc4ccccc4C3)[C@@H](O)C2)ncn1)N1CCC(N2CCc3ccccc3C2)[C@@H](O)C1. The highest BCUT2D eigenvalue weighted by Crippen LogP contribution is 2.28. The first-order valence-corrected chi connectivity index (χ1v) is 15.4. The van der Waals surface area contributed by atoms with Gasteiger partial charge < -0.3 is 20.0 Å². The van der Waals surface area contributed by atoms with Crippen molar-refractivity contribution in [2.45, 2.75) is 63.1 Å². The van der Waals surface area contributed by atoms with Crippen molar-refractivity contribution in [1.29, 1.82) is 0 Å². The number of β-amino-alcohol motifs (C(OH)–C–C–N with tert-alkyl or cyclic N) is 2. The highest BCUT2D eigenvalue weighted by molar-refractivity contribution is 5.93. The zero-order valence-electron chi connectivity index (χ0n) is 24.1. The number of piperidine rings is 2. The van der Waals surface area contributed by atoms with Gasteiger partial charge in [-0.3, -0.25) is 14.6 Å². The van der Waals surface area contributed by atoms with Crippen LogP contribution in [0.3, 0.4) is 0 Å². The second-order valence-electron chi connectivity index (χ2n) is 12.3. The summed E-state index contributed by atoms with van der Waals surface area (Å²) in [4.78, 5) is 30.8. The Morgan fingerprint density at radius 2 is 1.29 bits per heavy atom. The molecule has 220 valence electrons. The van der Waals surface area contributed by atoms with Gasteiger partial charge in [-0.15, -0.1) is 0 Å². The Hall–Kier alpha value is -3.37. The number of aliphatic hydroxyl groups excluding tert-OH is 2. The van der Waals surface area contributed by atoms with E-state index in [9.17, 15) is 15.0 Å². The van der Waals surface area contributed by atoms with Crippen molar-refractivity contribution in [3.05, 3.63) is 88.9 Å². The van der Waals surface area contributed by atoms with Crippen LogP contribution >= 0.6 is 0 Å². The lowest BCUT2D eigenvalue weighted by Crippen LogP contribution is -2.56. The van der Waals surface area contributed by atoms with Gasteiger partial charge in [-0.05, 0) is 47.9 Å². The topological polar surface area (TPSA) is 96.3 Å². The summed E-state index contributed by atoms with van der Waals surface area (Å²) in [7, 11) is 0. The molecule has 0 aliphatic carbocycles. The van der Waals surface area contributed by atoms with E-state index in [1.54, 1.807) is 11.0 Å². The van der Waals surface area contributed by atoms with Gasteiger partial charge in [0, 0.05) is 70.5 Å². The van der Waals surface area contributed by atoms with E-state index in [1.807, 2.05) is 0 Å². The van der Waals surface area contributed by atoms with Crippen LogP contribution in [-0.2, 0) is 25.9 Å². The largest absolute Gasteiger partial charge is 0.390 e. The van der Waals surface area contributed by atoms with E-state index >= 15 is 0 Å². The number of likely N-dealkylation sites (tertiary alicyclic amines) is 1. The van der Waals surface area contributed by atoms with E-state index in [4.69, 9.17) is 0 Å². The maximum atomic E-state index is 13.5. The number of amides is 1. The molecule has 7 rings (SSSR count). The molecule has 2 aromatic carbocycles. The second kappa shape index (κ2) is 11.7. The average molecular weight is 569 g/mol. The van der Waals surface area contributed by atoms with Crippen LogP contribution in [-0.4, -0.2) is 104 Å². The van der Waals surface area contributed by atoms with E-state index in [-0.39, 0.29) is 18.0 Å². The Morgan fingerprint density at radius 3 is 1.88 bits per heavy atom. The van der Waals surface area contributed by atoms with Gasteiger partial charge in [-0.25, -0.2) is 9.97 Å². The Labute approximate surface area is 247 Å². The van der Waals surface area contributed by atoms with Crippen molar-refractivity contribution >= 4 is 11.7 Å². The fraction of sp³-hybridized carbons (Fsp3) is 0.485. The van der Waals surface area contributed by atoms with E-state index in [0.29, 0.717) is 31.1 Å². The minimum atomic E-state index is -0.606. The fourth-order valence-electron chi connectivity index (χ4n) is 7.48. The van der Waals surface area contributed by atoms with Gasteiger partial charge in [0.2, 0.25) is 0 Å². The van der Waals surface area contributed by atoms with Crippen LogP contribution in [0.25, 0.3) is 0 Å². The molecule has 1 amide bonds. The lowest BCUT2D eigenvalue weighted by Gasteiger charge is -2.44. The third kappa shape index (κ3) is 5.42. The summed E-state index contributed by atoms with van der Waals surface area (Å²) >= 11 is 0. The van der Waals surface area contributed by atoms with Crippen LogP contribution in [0.15, 0.2) is 60.9 Å². The van der Waals surface area contributed by atoms with Crippen LogP contribution < -0.4 is 4.90 Å². The molecule has 0 bridgehead atoms. The van der Waals surface area contributed by atoms with E-state index in [2.05, 4.69) is 73.2 Å². The molecule has 4 aliphatic rings. The standard InChI is InChI=1S/C33H40N6O3/c40-30-20-38(15-11-28(30)36-13-9-23-5-1-3-7-25(23)18-36)32-17-27(34-22-35-32)33(42)39-16-12-29(31(41)21-39)37-14-10-24-6-2-4-8-26(24)19-37/h1-8,17,22,28-31,40-41H,9-16,18-21H2/t28?,29?,30-,31-/m0/s1. The number of anilines is 1. The molecule has 2 saturated heterocycles. The molecule has 2 N–H and O–H groups in total. The van der Waals surface area contributed by atoms with E-state index in [0.717, 1.165) is 58.4 Å². The predicted octanol–water partition coefficient (Wildman–Crippen LogP) is 2.11. The van der Waals surface area contributed by atoms with Gasteiger partial charge in [-0.2, -0.15) is 0 Å². The first-order valence-electron chi connectivity index (χ1n) is 15.4. The van der Waals surface area contributed by atoms with Crippen LogP contribution in [0.1, 0.15) is 45.6 Å². The molecule has 9 heteroatoms. The van der Waals surface area contributed by atoms with Gasteiger partial charge in [-0.1, -0.05) is 48.5 Å². The van der Waals surface area contributed by atoms with Crippen molar-refractivity contribution in [2.24, 2.45) is 0 Å². The number of rotatable bonds is 4. The lowest BCUT2D eigenvalue weighted by molar-refractivity contribution is -0.0139. The minimum Gasteiger partial charge on any atom is -0.390 e. The zero-order valence-corrected chi connectivity index (χ0v) is 24.1. The number of hydrogen-bond donors (Lipinski definition) is 2. The molecule has 1 aromatic heterocycles. The number of benzene rings is 2. The molecule has 3 aromatic rings. The summed E-state index contributed by atoms with van der Waals surface area (Å²) in [6.07, 6.45) is 3.89. The molecule has 4 aliphatic heterocycles. The molecule has 5 heterocycles. The summed E-state index contributed by atoms with van der Waals surface area (Å²) in [6, 6.07) is 19.0. The molecule has 42 heavy (non-hydrogen) atoms. The highest BCUT2D eigenvalue weighted by atomic mass is 16.3. The lowest BCUT2D eigenvalue weighted by atomic mass is 9.94. The van der Waals surface area contributed by atoms with Crippen LogP contribution in [0.4, 0.5) is 5.82 Å². The molecule has 0 saturated carbocycles. The summed E-state index contributed by atoms with van der Waals surface area (Å²) in [6.45, 7) is 5.70. The number of carbonyl (C=O) groups excluding carboxylic acids is 1. The Bertz CT molecular complexity index is 1430. The van der Waals surface area contributed by atoms with Crippen LogP contribution in [0.5, 0.6) is 0 Å². The molecule has 2 fully saturated rings. The van der Waals surface area contributed by atoms with Crippen molar-refractivity contribution in [1.82, 2.24) is 24.7 Å². The average Bonchev–Trinajstić information content (AvgIpc) is 3.04. The van der Waals surface area contributed by atoms with Gasteiger partial charge in [0.25, 0.3) is 5.91 Å². The molecule has 2 unspecified atom stereocenters. The highest BCUT2D eigenvalue weighted by Gasteiger charge is 2.37. The maximum absolute atomic E-state index is 13.5.